The van der Waals surface area contributed by atoms with E-state index in [9.17, 15) is 10.1 Å². The summed E-state index contributed by atoms with van der Waals surface area (Å²) in [5.41, 5.74) is -0.114. The summed E-state index contributed by atoms with van der Waals surface area (Å²) in [7, 11) is 0. The third-order valence-corrected chi connectivity index (χ3v) is 4.54. The summed E-state index contributed by atoms with van der Waals surface area (Å²) in [6, 6.07) is 3.27. The highest BCUT2D eigenvalue weighted by atomic mass is 16.6. The monoisotopic (exact) mass is 302 g/mol. The van der Waals surface area contributed by atoms with E-state index in [1.54, 1.807) is 0 Å². The van der Waals surface area contributed by atoms with Gasteiger partial charge in [0.15, 0.2) is 0 Å². The first-order chi connectivity index (χ1) is 10.7. The second kappa shape index (κ2) is 6.28. The van der Waals surface area contributed by atoms with Gasteiger partial charge in [-0.2, -0.15) is 5.26 Å². The Kier molecular flexibility index (Phi) is 4.20. The molecule has 7 nitrogen and oxygen atoms in total. The van der Waals surface area contributed by atoms with Crippen LogP contribution in [0.4, 0.5) is 11.5 Å². The number of piperidine rings is 1. The van der Waals surface area contributed by atoms with Crippen molar-refractivity contribution < 1.29 is 9.66 Å². The maximum Gasteiger partial charge on any atom is 0.329 e. The van der Waals surface area contributed by atoms with Crippen LogP contribution in [0.1, 0.15) is 31.2 Å². The van der Waals surface area contributed by atoms with E-state index in [0.29, 0.717) is 30.9 Å². The summed E-state index contributed by atoms with van der Waals surface area (Å²) in [5, 5.41) is 20.3. The van der Waals surface area contributed by atoms with Crippen LogP contribution in [0.25, 0.3) is 0 Å². The number of hydrogen-bond acceptors (Lipinski definition) is 6. The van der Waals surface area contributed by atoms with Gasteiger partial charge in [-0.05, 0) is 37.7 Å². The van der Waals surface area contributed by atoms with Gasteiger partial charge in [0.05, 0.1) is 11.0 Å². The summed E-state index contributed by atoms with van der Waals surface area (Å²) >= 11 is 0. The minimum Gasteiger partial charge on any atom is -0.378 e. The minimum atomic E-state index is -0.507. The molecular formula is C15H18N4O3. The lowest BCUT2D eigenvalue weighted by atomic mass is 9.90. The zero-order valence-corrected chi connectivity index (χ0v) is 12.3. The molecule has 3 heterocycles. The fourth-order valence-corrected chi connectivity index (χ4v) is 3.40. The fourth-order valence-electron chi connectivity index (χ4n) is 3.40. The summed E-state index contributed by atoms with van der Waals surface area (Å²) in [6.45, 7) is 2.28. The lowest BCUT2D eigenvalue weighted by molar-refractivity contribution is -0.384. The first-order valence-electron chi connectivity index (χ1n) is 7.60. The van der Waals surface area contributed by atoms with E-state index in [-0.39, 0.29) is 11.3 Å². The van der Waals surface area contributed by atoms with Crippen LogP contribution in [-0.4, -0.2) is 35.7 Å². The topological polar surface area (TPSA) is 92.3 Å². The number of rotatable bonds is 3. The standard InChI is InChI=1S/C15H18N4O3/c16-10-12-3-6-17-15(14(12)19(20)21)18-7-4-11(5-8-18)13-2-1-9-22-13/h3,6,11,13H,1-2,4-5,7-9H2. The Balaban J connectivity index is 1.76. The Bertz CT molecular complexity index is 599. The van der Waals surface area contributed by atoms with Gasteiger partial charge in [0.25, 0.3) is 0 Å². The number of ether oxygens (including phenoxy) is 1. The van der Waals surface area contributed by atoms with Gasteiger partial charge in [0.2, 0.25) is 5.82 Å². The smallest absolute Gasteiger partial charge is 0.329 e. The largest absolute Gasteiger partial charge is 0.378 e. The van der Waals surface area contributed by atoms with Crippen molar-refractivity contribution in [1.29, 1.82) is 5.26 Å². The second-order valence-corrected chi connectivity index (χ2v) is 5.78. The number of nitriles is 1. The van der Waals surface area contributed by atoms with Gasteiger partial charge in [-0.1, -0.05) is 0 Å². The maximum atomic E-state index is 11.3. The van der Waals surface area contributed by atoms with Gasteiger partial charge in [0, 0.05) is 25.9 Å². The molecule has 0 radical (unpaired) electrons. The molecule has 116 valence electrons. The van der Waals surface area contributed by atoms with Gasteiger partial charge in [-0.25, -0.2) is 4.98 Å². The van der Waals surface area contributed by atoms with E-state index in [2.05, 4.69) is 4.98 Å². The number of nitrogens with zero attached hydrogens (tertiary/aromatic N) is 4. The van der Waals surface area contributed by atoms with Crippen LogP contribution in [0.15, 0.2) is 12.3 Å². The molecule has 1 atom stereocenters. The van der Waals surface area contributed by atoms with Gasteiger partial charge in [-0.3, -0.25) is 10.1 Å². The molecule has 3 rings (SSSR count). The summed E-state index contributed by atoms with van der Waals surface area (Å²) in [4.78, 5) is 16.9. The van der Waals surface area contributed by atoms with Crippen molar-refractivity contribution >= 4 is 11.5 Å². The van der Waals surface area contributed by atoms with Crippen LogP contribution >= 0.6 is 0 Å². The first-order valence-corrected chi connectivity index (χ1v) is 7.60. The molecule has 0 spiro atoms. The van der Waals surface area contributed by atoms with E-state index >= 15 is 0 Å². The fraction of sp³-hybridized carbons (Fsp3) is 0.600. The van der Waals surface area contributed by atoms with Crippen molar-refractivity contribution in [2.45, 2.75) is 31.8 Å². The van der Waals surface area contributed by atoms with Crippen LogP contribution < -0.4 is 4.90 Å². The molecule has 2 aliphatic heterocycles. The quantitative estimate of drug-likeness (QED) is 0.628. The van der Waals surface area contributed by atoms with E-state index in [0.717, 1.165) is 32.3 Å². The Labute approximate surface area is 128 Å². The van der Waals surface area contributed by atoms with Crippen molar-refractivity contribution in [2.24, 2.45) is 5.92 Å². The lowest BCUT2D eigenvalue weighted by Crippen LogP contribution is -2.38. The van der Waals surface area contributed by atoms with E-state index < -0.39 is 4.92 Å². The molecule has 2 aliphatic rings. The summed E-state index contributed by atoms with van der Waals surface area (Å²) < 4.78 is 5.75. The lowest BCUT2D eigenvalue weighted by Gasteiger charge is -2.34. The van der Waals surface area contributed by atoms with Gasteiger partial charge < -0.3 is 9.64 Å². The minimum absolute atomic E-state index is 0.0660. The van der Waals surface area contributed by atoms with Crippen LogP contribution in [-0.2, 0) is 4.74 Å². The zero-order chi connectivity index (χ0) is 15.5. The predicted octanol–water partition coefficient (Wildman–Crippen LogP) is 2.26. The average Bonchev–Trinajstić information content (AvgIpc) is 3.08. The van der Waals surface area contributed by atoms with E-state index in [4.69, 9.17) is 10.00 Å². The van der Waals surface area contributed by atoms with Gasteiger partial charge in [0.1, 0.15) is 11.6 Å². The third kappa shape index (κ3) is 2.74. The average molecular weight is 302 g/mol. The Morgan fingerprint density at radius 1 is 1.41 bits per heavy atom. The molecule has 0 aliphatic carbocycles. The molecule has 22 heavy (non-hydrogen) atoms. The van der Waals surface area contributed by atoms with Crippen molar-refractivity contribution in [1.82, 2.24) is 4.98 Å². The highest BCUT2D eigenvalue weighted by Crippen LogP contribution is 2.34. The van der Waals surface area contributed by atoms with Crippen molar-refractivity contribution in [3.63, 3.8) is 0 Å². The number of pyridine rings is 1. The molecule has 2 saturated heterocycles. The zero-order valence-electron chi connectivity index (χ0n) is 12.3. The SMILES string of the molecule is N#Cc1ccnc(N2CCC(C3CCCO3)CC2)c1[N+](=O)[O-]. The molecule has 0 saturated carbocycles. The Hall–Kier alpha value is -2.20. The van der Waals surface area contributed by atoms with Crippen LogP contribution in [0.3, 0.4) is 0 Å². The highest BCUT2D eigenvalue weighted by Gasteiger charge is 2.32. The van der Waals surface area contributed by atoms with Crippen LogP contribution in [0.2, 0.25) is 0 Å². The van der Waals surface area contributed by atoms with Crippen molar-refractivity contribution in [3.05, 3.63) is 27.9 Å². The number of aromatic nitrogens is 1. The van der Waals surface area contributed by atoms with E-state index in [1.165, 1.54) is 12.3 Å². The molecule has 1 unspecified atom stereocenters. The predicted molar refractivity (Wildman–Crippen MR) is 79.5 cm³/mol. The second-order valence-electron chi connectivity index (χ2n) is 5.78. The molecule has 0 aromatic carbocycles. The molecule has 0 N–H and O–H groups in total. The molecular weight excluding hydrogens is 284 g/mol. The summed E-state index contributed by atoms with van der Waals surface area (Å²) in [5.74, 6) is 0.840. The molecule has 0 amide bonds. The van der Waals surface area contributed by atoms with Gasteiger partial charge >= 0.3 is 5.69 Å². The normalized spacial score (nSPS) is 22.5. The van der Waals surface area contributed by atoms with Crippen molar-refractivity contribution in [2.75, 3.05) is 24.6 Å². The molecule has 0 bridgehead atoms. The number of hydrogen-bond donors (Lipinski definition) is 0. The highest BCUT2D eigenvalue weighted by molar-refractivity contribution is 5.65. The summed E-state index contributed by atoms with van der Waals surface area (Å²) in [6.07, 6.45) is 5.94. The molecule has 2 fully saturated rings. The Morgan fingerprint density at radius 3 is 2.77 bits per heavy atom. The van der Waals surface area contributed by atoms with E-state index in [1.807, 2.05) is 11.0 Å². The maximum absolute atomic E-state index is 11.3. The van der Waals surface area contributed by atoms with Crippen molar-refractivity contribution in [3.8, 4) is 6.07 Å². The molecule has 1 aromatic rings. The number of nitro groups is 1. The first kappa shape index (κ1) is 14.7. The third-order valence-electron chi connectivity index (χ3n) is 4.54. The van der Waals surface area contributed by atoms with Crippen LogP contribution in [0.5, 0.6) is 0 Å². The Morgan fingerprint density at radius 2 is 2.18 bits per heavy atom. The molecule has 7 heteroatoms. The van der Waals surface area contributed by atoms with Crippen LogP contribution in [0, 0.1) is 27.4 Å². The van der Waals surface area contributed by atoms with Gasteiger partial charge in [-0.15, -0.1) is 0 Å². The molecule has 1 aromatic heterocycles. The number of anilines is 1.